The van der Waals surface area contributed by atoms with Gasteiger partial charge in [0.25, 0.3) is 0 Å². The van der Waals surface area contributed by atoms with E-state index in [0.29, 0.717) is 3.79 Å². The van der Waals surface area contributed by atoms with Gasteiger partial charge < -0.3 is 0 Å². The van der Waals surface area contributed by atoms with Gasteiger partial charge in [-0.15, -0.1) is 21.5 Å². The number of aromatic amines is 1. The van der Waals surface area contributed by atoms with E-state index in [0.717, 1.165) is 3.79 Å². The van der Waals surface area contributed by atoms with Crippen LogP contribution in [0.4, 0.5) is 0 Å². The molecule has 0 atom stereocenters. The topological polar surface area (TPSA) is 101 Å². The number of H-pyrrole nitrogens is 1. The summed E-state index contributed by atoms with van der Waals surface area (Å²) in [6.07, 6.45) is 0. The molecular formula is C6H5Br2N5O2S2. The number of nitrogens with one attached hydrogen (secondary N) is 2. The first-order valence-corrected chi connectivity index (χ1v) is 8.04. The Morgan fingerprint density at radius 2 is 2.24 bits per heavy atom. The van der Waals surface area contributed by atoms with E-state index in [1.165, 1.54) is 17.4 Å². The van der Waals surface area contributed by atoms with Gasteiger partial charge in [-0.25, -0.2) is 13.1 Å². The van der Waals surface area contributed by atoms with Crippen molar-refractivity contribution < 1.29 is 8.42 Å². The second-order valence-electron chi connectivity index (χ2n) is 2.84. The minimum Gasteiger partial charge on any atom is -0.207 e. The summed E-state index contributed by atoms with van der Waals surface area (Å²) in [7, 11) is -3.58. The van der Waals surface area contributed by atoms with Crippen LogP contribution >= 0.6 is 43.2 Å². The maximum atomic E-state index is 11.9. The lowest BCUT2D eigenvalue weighted by Gasteiger charge is -2.02. The van der Waals surface area contributed by atoms with Crippen LogP contribution in [0.2, 0.25) is 0 Å². The molecule has 0 saturated heterocycles. The van der Waals surface area contributed by atoms with Crippen molar-refractivity contribution in [3.8, 4) is 0 Å². The molecule has 2 heterocycles. The highest BCUT2D eigenvalue weighted by Crippen LogP contribution is 2.34. The van der Waals surface area contributed by atoms with Crippen LogP contribution in [0.3, 0.4) is 0 Å². The van der Waals surface area contributed by atoms with Crippen molar-refractivity contribution in [1.82, 2.24) is 25.3 Å². The van der Waals surface area contributed by atoms with Crippen molar-refractivity contribution in [1.29, 1.82) is 0 Å². The highest BCUT2D eigenvalue weighted by atomic mass is 79.9. The van der Waals surface area contributed by atoms with Gasteiger partial charge in [0, 0.05) is 0 Å². The fourth-order valence-electron chi connectivity index (χ4n) is 1.00. The fraction of sp³-hybridized carbons (Fsp3) is 0.167. The number of halogens is 2. The highest BCUT2D eigenvalue weighted by Gasteiger charge is 2.20. The van der Waals surface area contributed by atoms with E-state index in [9.17, 15) is 8.42 Å². The summed E-state index contributed by atoms with van der Waals surface area (Å²) >= 11 is 7.70. The molecule has 92 valence electrons. The largest absolute Gasteiger partial charge is 0.242 e. The molecule has 11 heteroatoms. The van der Waals surface area contributed by atoms with Crippen molar-refractivity contribution in [2.75, 3.05) is 0 Å². The first-order valence-electron chi connectivity index (χ1n) is 4.16. The molecule has 17 heavy (non-hydrogen) atoms. The summed E-state index contributed by atoms with van der Waals surface area (Å²) in [5.74, 6) is 0.277. The number of sulfonamides is 1. The highest BCUT2D eigenvalue weighted by molar-refractivity contribution is 9.12. The van der Waals surface area contributed by atoms with Gasteiger partial charge in [-0.05, 0) is 37.9 Å². The number of aromatic nitrogens is 4. The first-order chi connectivity index (χ1) is 7.99. The molecular weight excluding hydrogens is 398 g/mol. The number of hydrogen-bond donors (Lipinski definition) is 2. The third-order valence-electron chi connectivity index (χ3n) is 1.72. The number of nitrogens with zero attached hydrogens (tertiary/aromatic N) is 3. The predicted octanol–water partition coefficient (Wildman–Crippen LogP) is 1.26. The Balaban J connectivity index is 2.17. The van der Waals surface area contributed by atoms with E-state index >= 15 is 0 Å². The lowest BCUT2D eigenvalue weighted by atomic mass is 10.6. The normalized spacial score (nSPS) is 11.9. The smallest absolute Gasteiger partial charge is 0.207 e. The van der Waals surface area contributed by atoms with E-state index in [2.05, 4.69) is 57.2 Å². The van der Waals surface area contributed by atoms with Gasteiger partial charge in [-0.2, -0.15) is 5.21 Å². The molecule has 0 saturated carbocycles. The zero-order chi connectivity index (χ0) is 12.5. The minimum atomic E-state index is -3.58. The maximum Gasteiger partial charge on any atom is 0.242 e. The second kappa shape index (κ2) is 5.10. The molecule has 0 aliphatic carbocycles. The van der Waals surface area contributed by atoms with Gasteiger partial charge in [-0.1, -0.05) is 5.21 Å². The molecule has 0 aliphatic heterocycles. The molecule has 2 rings (SSSR count). The Morgan fingerprint density at radius 1 is 1.47 bits per heavy atom. The van der Waals surface area contributed by atoms with E-state index in [1.807, 2.05) is 0 Å². The van der Waals surface area contributed by atoms with Crippen LogP contribution < -0.4 is 4.72 Å². The molecule has 0 fully saturated rings. The van der Waals surface area contributed by atoms with Crippen LogP contribution in [0, 0.1) is 0 Å². The second-order valence-corrected chi connectivity index (χ2v) is 8.33. The summed E-state index contributed by atoms with van der Waals surface area (Å²) in [4.78, 5) is 0.179. The molecule has 0 bridgehead atoms. The predicted molar refractivity (Wildman–Crippen MR) is 67.9 cm³/mol. The summed E-state index contributed by atoms with van der Waals surface area (Å²) in [6.45, 7) is -0.0151. The van der Waals surface area contributed by atoms with Crippen LogP contribution in [0.25, 0.3) is 0 Å². The molecule has 0 spiro atoms. The van der Waals surface area contributed by atoms with Crippen molar-refractivity contribution in [2.24, 2.45) is 0 Å². The summed E-state index contributed by atoms with van der Waals surface area (Å²) in [5, 5.41) is 12.9. The molecule has 0 radical (unpaired) electrons. The minimum absolute atomic E-state index is 0.0151. The summed E-state index contributed by atoms with van der Waals surface area (Å²) in [6, 6.07) is 1.52. The SMILES string of the molecule is O=S(=O)(NCc1nn[nH]n1)c1cc(Br)sc1Br. The maximum absolute atomic E-state index is 11.9. The average molecular weight is 403 g/mol. The van der Waals surface area contributed by atoms with Crippen LogP contribution in [0.5, 0.6) is 0 Å². The lowest BCUT2D eigenvalue weighted by molar-refractivity contribution is 0.579. The molecule has 2 aromatic rings. The Hall–Kier alpha value is -0.360. The third kappa shape index (κ3) is 3.10. The standard InChI is InChI=1S/C6H5Br2N5O2S2/c7-4-1-3(6(8)16-4)17(14,15)9-2-5-10-12-13-11-5/h1,9H,2H2,(H,10,11,12,13). The van der Waals surface area contributed by atoms with Gasteiger partial charge in [0.1, 0.15) is 4.90 Å². The van der Waals surface area contributed by atoms with Crippen molar-refractivity contribution in [3.05, 3.63) is 19.5 Å². The summed E-state index contributed by atoms with van der Waals surface area (Å²) < 4.78 is 27.5. The van der Waals surface area contributed by atoms with Crippen molar-refractivity contribution in [3.63, 3.8) is 0 Å². The number of thiophene rings is 1. The molecule has 0 aliphatic rings. The third-order valence-corrected chi connectivity index (χ3v) is 5.88. The average Bonchev–Trinajstić information content (AvgIpc) is 2.85. The van der Waals surface area contributed by atoms with E-state index < -0.39 is 10.0 Å². The molecule has 0 unspecified atom stereocenters. The van der Waals surface area contributed by atoms with Crippen LogP contribution in [0.15, 0.2) is 18.5 Å². The Morgan fingerprint density at radius 3 is 2.76 bits per heavy atom. The Labute approximate surface area is 117 Å². The molecule has 0 aromatic carbocycles. The quantitative estimate of drug-likeness (QED) is 0.801. The summed E-state index contributed by atoms with van der Waals surface area (Å²) in [5.41, 5.74) is 0. The van der Waals surface area contributed by atoms with Crippen molar-refractivity contribution >= 4 is 53.2 Å². The van der Waals surface area contributed by atoms with Crippen LogP contribution in [0.1, 0.15) is 5.82 Å². The van der Waals surface area contributed by atoms with Gasteiger partial charge in [0.15, 0.2) is 5.82 Å². The van der Waals surface area contributed by atoms with Gasteiger partial charge >= 0.3 is 0 Å². The number of hydrogen-bond acceptors (Lipinski definition) is 6. The first kappa shape index (κ1) is 13.1. The van der Waals surface area contributed by atoms with Gasteiger partial charge in [-0.3, -0.25) is 0 Å². The monoisotopic (exact) mass is 401 g/mol. The zero-order valence-electron chi connectivity index (χ0n) is 8.02. The molecule has 0 amide bonds. The van der Waals surface area contributed by atoms with Gasteiger partial charge in [0.05, 0.1) is 14.1 Å². The van der Waals surface area contributed by atoms with Crippen molar-refractivity contribution in [2.45, 2.75) is 11.4 Å². The number of tetrazole rings is 1. The van der Waals surface area contributed by atoms with E-state index in [1.54, 1.807) is 0 Å². The molecule has 2 N–H and O–H groups in total. The number of rotatable bonds is 4. The molecule has 7 nitrogen and oxygen atoms in total. The Bertz CT molecular complexity index is 608. The van der Waals surface area contributed by atoms with Gasteiger partial charge in [0.2, 0.25) is 10.0 Å². The lowest BCUT2D eigenvalue weighted by Crippen LogP contribution is -2.23. The van der Waals surface area contributed by atoms with E-state index in [4.69, 9.17) is 0 Å². The van der Waals surface area contributed by atoms with E-state index in [-0.39, 0.29) is 17.3 Å². The van der Waals surface area contributed by atoms with Crippen LogP contribution in [-0.2, 0) is 16.6 Å². The van der Waals surface area contributed by atoms with Crippen LogP contribution in [-0.4, -0.2) is 29.0 Å². The Kier molecular flexibility index (Phi) is 3.92. The zero-order valence-corrected chi connectivity index (χ0v) is 12.8. The molecule has 2 aromatic heterocycles. The fourth-order valence-corrected chi connectivity index (χ4v) is 5.79.